The van der Waals surface area contributed by atoms with Crippen LogP contribution in [0, 0.1) is 0 Å². The average molecular weight is 360 g/mol. The van der Waals surface area contributed by atoms with E-state index in [1.165, 1.54) is 11.1 Å². The fourth-order valence-corrected chi connectivity index (χ4v) is 4.76. The zero-order valence-electron chi connectivity index (χ0n) is 15.4. The molecule has 5 nitrogen and oxygen atoms in total. The number of nitrogens with zero attached hydrogens (tertiary/aromatic N) is 4. The molecule has 0 N–H and O–H groups in total. The van der Waals surface area contributed by atoms with Gasteiger partial charge in [0.05, 0.1) is 5.92 Å². The summed E-state index contributed by atoms with van der Waals surface area (Å²) in [5.74, 6) is 1.54. The molecule has 1 aromatic carbocycles. The Balaban J connectivity index is 1.39. The Hall–Kier alpha value is -2.69. The van der Waals surface area contributed by atoms with Gasteiger partial charge in [0.15, 0.2) is 5.65 Å². The number of amides is 1. The molecule has 3 aromatic rings. The van der Waals surface area contributed by atoms with Crippen LogP contribution < -0.4 is 0 Å². The molecule has 2 aliphatic rings. The third-order valence-electron chi connectivity index (χ3n) is 6.11. The van der Waals surface area contributed by atoms with Crippen LogP contribution in [0.5, 0.6) is 0 Å². The van der Waals surface area contributed by atoms with Crippen LogP contribution in [0.2, 0.25) is 0 Å². The van der Waals surface area contributed by atoms with Gasteiger partial charge in [-0.05, 0) is 55.4 Å². The lowest BCUT2D eigenvalue weighted by Gasteiger charge is -2.36. The quantitative estimate of drug-likeness (QED) is 0.702. The molecule has 1 amide bonds. The Morgan fingerprint density at radius 1 is 1.00 bits per heavy atom. The van der Waals surface area contributed by atoms with E-state index in [0.29, 0.717) is 5.91 Å². The second-order valence-electron chi connectivity index (χ2n) is 7.75. The van der Waals surface area contributed by atoms with Crippen LogP contribution in [0.1, 0.15) is 54.5 Å². The first-order chi connectivity index (χ1) is 13.3. The summed E-state index contributed by atoms with van der Waals surface area (Å²) in [6.45, 7) is 1.60. The number of likely N-dealkylation sites (tertiary alicyclic amines) is 1. The lowest BCUT2D eigenvalue weighted by atomic mass is 9.81. The van der Waals surface area contributed by atoms with Crippen LogP contribution in [-0.4, -0.2) is 38.5 Å². The maximum absolute atomic E-state index is 13.4. The Morgan fingerprint density at radius 3 is 2.85 bits per heavy atom. The monoisotopic (exact) mass is 360 g/mol. The van der Waals surface area contributed by atoms with Crippen LogP contribution in [0.25, 0.3) is 5.65 Å². The molecule has 1 fully saturated rings. The van der Waals surface area contributed by atoms with E-state index in [2.05, 4.69) is 43.8 Å². The van der Waals surface area contributed by atoms with Crippen molar-refractivity contribution in [2.24, 2.45) is 0 Å². The molecule has 2 unspecified atom stereocenters. The maximum atomic E-state index is 13.4. The van der Waals surface area contributed by atoms with Crippen LogP contribution in [0.15, 0.2) is 48.7 Å². The van der Waals surface area contributed by atoms with Crippen LogP contribution in [0.4, 0.5) is 0 Å². The van der Waals surface area contributed by atoms with Gasteiger partial charge in [0.1, 0.15) is 5.82 Å². The third kappa shape index (κ3) is 2.91. The van der Waals surface area contributed by atoms with Crippen molar-refractivity contribution in [1.82, 2.24) is 19.5 Å². The first kappa shape index (κ1) is 16.5. The molecule has 0 bridgehead atoms. The van der Waals surface area contributed by atoms with Crippen molar-refractivity contribution in [2.75, 3.05) is 13.1 Å². The van der Waals surface area contributed by atoms with E-state index in [9.17, 15) is 4.79 Å². The van der Waals surface area contributed by atoms with Crippen molar-refractivity contribution in [3.63, 3.8) is 0 Å². The number of aromatic nitrogens is 3. The maximum Gasteiger partial charge on any atom is 0.230 e. The summed E-state index contributed by atoms with van der Waals surface area (Å²) in [6, 6.07) is 14.4. The number of fused-ring (bicyclic) bond motifs is 2. The summed E-state index contributed by atoms with van der Waals surface area (Å²) in [5.41, 5.74) is 3.46. The number of carbonyl (C=O) groups is 1. The summed E-state index contributed by atoms with van der Waals surface area (Å²) >= 11 is 0. The summed E-state index contributed by atoms with van der Waals surface area (Å²) in [7, 11) is 0. The highest BCUT2D eigenvalue weighted by Crippen LogP contribution is 2.35. The van der Waals surface area contributed by atoms with E-state index in [1.807, 2.05) is 24.4 Å². The topological polar surface area (TPSA) is 50.5 Å². The molecule has 5 heteroatoms. The van der Waals surface area contributed by atoms with Crippen molar-refractivity contribution in [2.45, 2.75) is 43.9 Å². The van der Waals surface area contributed by atoms with Gasteiger partial charge < -0.3 is 4.90 Å². The lowest BCUT2D eigenvalue weighted by molar-refractivity contribution is -0.134. The fraction of sp³-hybridized carbons (Fsp3) is 0.409. The number of hydrogen-bond donors (Lipinski definition) is 0. The first-order valence-corrected chi connectivity index (χ1v) is 9.97. The van der Waals surface area contributed by atoms with Gasteiger partial charge >= 0.3 is 0 Å². The molecule has 1 aliphatic heterocycles. The number of rotatable bonds is 2. The summed E-state index contributed by atoms with van der Waals surface area (Å²) in [6.07, 6.45) is 7.24. The summed E-state index contributed by atoms with van der Waals surface area (Å²) in [4.78, 5) is 15.5. The lowest BCUT2D eigenvalue weighted by Crippen LogP contribution is -2.42. The standard InChI is InChI=1S/C22H24N4O/c27-22(19-11-5-8-16-7-1-2-10-18(16)19)25-13-6-9-17(15-25)21-24-23-20-12-3-4-14-26(20)21/h1-4,7,10,12,14,17,19H,5-6,8-9,11,13,15H2. The second-order valence-corrected chi connectivity index (χ2v) is 7.75. The second kappa shape index (κ2) is 6.80. The van der Waals surface area contributed by atoms with E-state index in [0.717, 1.165) is 56.7 Å². The van der Waals surface area contributed by atoms with Crippen molar-refractivity contribution in [1.29, 1.82) is 0 Å². The molecule has 1 saturated heterocycles. The summed E-state index contributed by atoms with van der Waals surface area (Å²) < 4.78 is 2.06. The highest BCUT2D eigenvalue weighted by Gasteiger charge is 2.33. The van der Waals surface area contributed by atoms with Crippen molar-refractivity contribution in [3.8, 4) is 0 Å². The average Bonchev–Trinajstić information content (AvgIpc) is 3.17. The Morgan fingerprint density at radius 2 is 1.89 bits per heavy atom. The van der Waals surface area contributed by atoms with Gasteiger partial charge in [-0.3, -0.25) is 9.20 Å². The molecule has 0 spiro atoms. The van der Waals surface area contributed by atoms with Crippen molar-refractivity contribution < 1.29 is 4.79 Å². The molecule has 3 heterocycles. The smallest absolute Gasteiger partial charge is 0.230 e. The van der Waals surface area contributed by atoms with E-state index in [4.69, 9.17) is 0 Å². The number of carbonyl (C=O) groups excluding carboxylic acids is 1. The van der Waals surface area contributed by atoms with E-state index in [-0.39, 0.29) is 11.8 Å². The van der Waals surface area contributed by atoms with Crippen molar-refractivity contribution in [3.05, 3.63) is 65.6 Å². The molecular weight excluding hydrogens is 336 g/mol. The molecule has 2 atom stereocenters. The van der Waals surface area contributed by atoms with E-state index >= 15 is 0 Å². The highest BCUT2D eigenvalue weighted by atomic mass is 16.2. The summed E-state index contributed by atoms with van der Waals surface area (Å²) in [5, 5.41) is 8.73. The van der Waals surface area contributed by atoms with Gasteiger partial charge in [0, 0.05) is 25.2 Å². The third-order valence-corrected chi connectivity index (χ3v) is 6.11. The molecule has 5 rings (SSSR count). The normalized spacial score (nSPS) is 22.6. The van der Waals surface area contributed by atoms with Gasteiger partial charge in [0.25, 0.3) is 0 Å². The van der Waals surface area contributed by atoms with E-state index in [1.54, 1.807) is 0 Å². The van der Waals surface area contributed by atoms with Gasteiger partial charge in [-0.2, -0.15) is 0 Å². The minimum absolute atomic E-state index is 0.0174. The van der Waals surface area contributed by atoms with E-state index < -0.39 is 0 Å². The Labute approximate surface area is 159 Å². The fourth-order valence-electron chi connectivity index (χ4n) is 4.76. The minimum atomic E-state index is 0.0174. The molecule has 27 heavy (non-hydrogen) atoms. The predicted octanol–water partition coefficient (Wildman–Crippen LogP) is 3.56. The van der Waals surface area contributed by atoms with Crippen molar-refractivity contribution >= 4 is 11.6 Å². The molecule has 1 aliphatic carbocycles. The van der Waals surface area contributed by atoms with Crippen LogP contribution in [0.3, 0.4) is 0 Å². The zero-order valence-corrected chi connectivity index (χ0v) is 15.4. The Kier molecular flexibility index (Phi) is 4.15. The molecule has 2 aromatic heterocycles. The SMILES string of the molecule is O=C(C1CCCc2ccccc21)N1CCCC(c2nnc3ccccn23)C1. The zero-order chi connectivity index (χ0) is 18.2. The van der Waals surface area contributed by atoms with Crippen LogP contribution >= 0.6 is 0 Å². The number of piperidine rings is 1. The minimum Gasteiger partial charge on any atom is -0.341 e. The highest BCUT2D eigenvalue weighted by molar-refractivity contribution is 5.84. The van der Waals surface area contributed by atoms with Crippen LogP contribution in [-0.2, 0) is 11.2 Å². The molecule has 0 radical (unpaired) electrons. The van der Waals surface area contributed by atoms with Gasteiger partial charge in [-0.15, -0.1) is 10.2 Å². The molecule has 138 valence electrons. The number of aryl methyl sites for hydroxylation is 1. The number of hydrogen-bond acceptors (Lipinski definition) is 3. The number of pyridine rings is 1. The number of benzene rings is 1. The largest absolute Gasteiger partial charge is 0.341 e. The Bertz CT molecular complexity index is 979. The molecular formula is C22H24N4O. The van der Waals surface area contributed by atoms with Gasteiger partial charge in [-0.1, -0.05) is 30.3 Å². The predicted molar refractivity (Wildman–Crippen MR) is 104 cm³/mol. The van der Waals surface area contributed by atoms with Gasteiger partial charge in [0.2, 0.25) is 5.91 Å². The first-order valence-electron chi connectivity index (χ1n) is 9.97. The molecule has 0 saturated carbocycles. The van der Waals surface area contributed by atoms with Gasteiger partial charge in [-0.25, -0.2) is 0 Å².